The third kappa shape index (κ3) is 1.77. The van der Waals surface area contributed by atoms with Gasteiger partial charge in [0.2, 0.25) is 0 Å². The molecule has 0 radical (unpaired) electrons. The molecule has 0 saturated carbocycles. The number of rotatable bonds is 3. The second-order valence-electron chi connectivity index (χ2n) is 3.62. The predicted octanol–water partition coefficient (Wildman–Crippen LogP) is -0.197. The average Bonchev–Trinajstić information content (AvgIpc) is 2.75. The summed E-state index contributed by atoms with van der Waals surface area (Å²) >= 11 is 0. The van der Waals surface area contributed by atoms with Gasteiger partial charge in [-0.25, -0.2) is 0 Å². The van der Waals surface area contributed by atoms with Crippen molar-refractivity contribution in [3.05, 3.63) is 17.5 Å². The number of nitrogens with zero attached hydrogens (tertiary/aromatic N) is 1. The number of hydrogen-bond donors (Lipinski definition) is 3. The van der Waals surface area contributed by atoms with E-state index in [1.807, 2.05) is 0 Å². The van der Waals surface area contributed by atoms with Crippen LogP contribution in [-0.2, 0) is 6.42 Å². The fourth-order valence-corrected chi connectivity index (χ4v) is 1.86. The van der Waals surface area contributed by atoms with E-state index in [1.54, 1.807) is 0 Å². The molecule has 2 heterocycles. The predicted molar refractivity (Wildman–Crippen MR) is 51.8 cm³/mol. The summed E-state index contributed by atoms with van der Waals surface area (Å²) in [6.45, 7) is 1.06. The molecule has 0 spiro atoms. The number of H-pyrrole nitrogens is 1. The summed E-state index contributed by atoms with van der Waals surface area (Å²) < 4.78 is 0. The van der Waals surface area contributed by atoms with Crippen LogP contribution in [-0.4, -0.2) is 28.7 Å². The van der Waals surface area contributed by atoms with E-state index in [-0.39, 0.29) is 0 Å². The van der Waals surface area contributed by atoms with E-state index in [9.17, 15) is 4.79 Å². The van der Waals surface area contributed by atoms with Crippen molar-refractivity contribution in [3.8, 4) is 0 Å². The Morgan fingerprint density at radius 3 is 3.21 bits per heavy atom. The third-order valence-corrected chi connectivity index (χ3v) is 2.60. The van der Waals surface area contributed by atoms with E-state index in [1.165, 1.54) is 12.6 Å². The van der Waals surface area contributed by atoms with Gasteiger partial charge in [-0.15, -0.1) is 0 Å². The van der Waals surface area contributed by atoms with E-state index in [2.05, 4.69) is 15.5 Å². The first-order valence-corrected chi connectivity index (χ1v) is 4.83. The fourth-order valence-electron chi connectivity index (χ4n) is 1.86. The molecule has 5 nitrogen and oxygen atoms in total. The molecule has 1 fully saturated rings. The number of nitrogens with two attached hydrogens (primary N) is 1. The largest absolute Gasteiger partial charge is 0.365 e. The minimum absolute atomic E-state index is 0.410. The van der Waals surface area contributed by atoms with Crippen molar-refractivity contribution in [2.24, 2.45) is 5.73 Å². The van der Waals surface area contributed by atoms with E-state index >= 15 is 0 Å². The van der Waals surface area contributed by atoms with Crippen molar-refractivity contribution in [2.45, 2.75) is 25.3 Å². The Morgan fingerprint density at radius 2 is 2.57 bits per heavy atom. The van der Waals surface area contributed by atoms with Crippen LogP contribution in [0, 0.1) is 0 Å². The van der Waals surface area contributed by atoms with Gasteiger partial charge in [-0.05, 0) is 19.4 Å². The lowest BCUT2D eigenvalue weighted by atomic mass is 10.1. The number of aromatic amines is 1. The molecule has 1 aromatic rings. The summed E-state index contributed by atoms with van der Waals surface area (Å²) in [5.74, 6) is -0.410. The molecule has 0 bridgehead atoms. The molecule has 1 saturated heterocycles. The second-order valence-corrected chi connectivity index (χ2v) is 3.62. The Bertz CT molecular complexity index is 327. The molecule has 1 aromatic heterocycles. The topological polar surface area (TPSA) is 83.8 Å². The number of amides is 1. The SMILES string of the molecule is NC(=O)c1cn[nH]c1C[C@@H]1CCCN1. The number of aromatic nitrogens is 2. The van der Waals surface area contributed by atoms with Crippen molar-refractivity contribution >= 4 is 5.91 Å². The Morgan fingerprint density at radius 1 is 1.71 bits per heavy atom. The quantitative estimate of drug-likeness (QED) is 0.623. The Labute approximate surface area is 82.1 Å². The van der Waals surface area contributed by atoms with Crippen molar-refractivity contribution in [1.29, 1.82) is 0 Å². The number of nitrogens with one attached hydrogen (secondary N) is 2. The minimum atomic E-state index is -0.410. The second kappa shape index (κ2) is 3.79. The molecule has 4 N–H and O–H groups in total. The highest BCUT2D eigenvalue weighted by Gasteiger charge is 2.18. The Kier molecular flexibility index (Phi) is 2.49. The summed E-state index contributed by atoms with van der Waals surface area (Å²) in [4.78, 5) is 11.0. The van der Waals surface area contributed by atoms with Crippen LogP contribution in [0.2, 0.25) is 0 Å². The zero-order valence-corrected chi connectivity index (χ0v) is 7.92. The van der Waals surface area contributed by atoms with Crippen LogP contribution < -0.4 is 11.1 Å². The molecule has 76 valence electrons. The minimum Gasteiger partial charge on any atom is -0.365 e. The van der Waals surface area contributed by atoms with Crippen molar-refractivity contribution in [3.63, 3.8) is 0 Å². The molecule has 1 aliphatic rings. The molecule has 5 heteroatoms. The zero-order valence-electron chi connectivity index (χ0n) is 7.92. The molecular weight excluding hydrogens is 180 g/mol. The molecule has 2 rings (SSSR count). The molecule has 0 aromatic carbocycles. The van der Waals surface area contributed by atoms with Crippen LogP contribution in [0.25, 0.3) is 0 Å². The lowest BCUT2D eigenvalue weighted by Crippen LogP contribution is -2.25. The van der Waals surface area contributed by atoms with Gasteiger partial charge in [-0.2, -0.15) is 5.10 Å². The van der Waals surface area contributed by atoms with Crippen LogP contribution in [0.4, 0.5) is 0 Å². The highest BCUT2D eigenvalue weighted by atomic mass is 16.1. The Balaban J connectivity index is 2.07. The van der Waals surface area contributed by atoms with Crippen molar-refractivity contribution < 1.29 is 4.79 Å². The maximum Gasteiger partial charge on any atom is 0.252 e. The highest BCUT2D eigenvalue weighted by Crippen LogP contribution is 2.13. The lowest BCUT2D eigenvalue weighted by Gasteiger charge is -2.08. The maximum atomic E-state index is 11.0. The summed E-state index contributed by atoms with van der Waals surface area (Å²) in [7, 11) is 0. The number of hydrogen-bond acceptors (Lipinski definition) is 3. The molecule has 1 atom stereocenters. The zero-order chi connectivity index (χ0) is 9.97. The fraction of sp³-hybridized carbons (Fsp3) is 0.556. The van der Waals surface area contributed by atoms with Gasteiger partial charge >= 0.3 is 0 Å². The first-order chi connectivity index (χ1) is 6.77. The summed E-state index contributed by atoms with van der Waals surface area (Å²) in [6, 6.07) is 0.452. The molecule has 14 heavy (non-hydrogen) atoms. The number of carbonyl (C=O) groups is 1. The third-order valence-electron chi connectivity index (χ3n) is 2.60. The van der Waals surface area contributed by atoms with Gasteiger partial charge < -0.3 is 11.1 Å². The summed E-state index contributed by atoms with van der Waals surface area (Å²) in [5, 5.41) is 10.0. The van der Waals surface area contributed by atoms with Gasteiger partial charge in [0.25, 0.3) is 5.91 Å². The van der Waals surface area contributed by atoms with Crippen LogP contribution in [0.1, 0.15) is 28.9 Å². The van der Waals surface area contributed by atoms with E-state index in [0.29, 0.717) is 11.6 Å². The van der Waals surface area contributed by atoms with E-state index < -0.39 is 5.91 Å². The molecular formula is C9H14N4O. The molecule has 0 unspecified atom stereocenters. The number of primary amides is 1. The van der Waals surface area contributed by atoms with Crippen LogP contribution in [0.5, 0.6) is 0 Å². The molecule has 1 aliphatic heterocycles. The van der Waals surface area contributed by atoms with Gasteiger partial charge in [0.05, 0.1) is 11.8 Å². The van der Waals surface area contributed by atoms with Gasteiger partial charge in [0.1, 0.15) is 0 Å². The Hall–Kier alpha value is -1.36. The van der Waals surface area contributed by atoms with Gasteiger partial charge in [0, 0.05) is 18.2 Å². The van der Waals surface area contributed by atoms with Gasteiger partial charge in [-0.3, -0.25) is 9.89 Å². The molecule has 0 aliphatic carbocycles. The first kappa shape index (κ1) is 9.21. The van der Waals surface area contributed by atoms with Gasteiger partial charge in [-0.1, -0.05) is 0 Å². The smallest absolute Gasteiger partial charge is 0.252 e. The van der Waals surface area contributed by atoms with Gasteiger partial charge in [0.15, 0.2) is 0 Å². The van der Waals surface area contributed by atoms with Crippen molar-refractivity contribution in [2.75, 3.05) is 6.54 Å². The lowest BCUT2D eigenvalue weighted by molar-refractivity contribution is 0.0999. The average molecular weight is 194 g/mol. The highest BCUT2D eigenvalue weighted by molar-refractivity contribution is 5.93. The van der Waals surface area contributed by atoms with E-state index in [0.717, 1.165) is 25.1 Å². The van der Waals surface area contributed by atoms with E-state index in [4.69, 9.17) is 5.73 Å². The first-order valence-electron chi connectivity index (χ1n) is 4.83. The van der Waals surface area contributed by atoms with Crippen molar-refractivity contribution in [1.82, 2.24) is 15.5 Å². The summed E-state index contributed by atoms with van der Waals surface area (Å²) in [6.07, 6.45) is 4.65. The summed E-state index contributed by atoms with van der Waals surface area (Å²) in [5.41, 5.74) is 6.57. The van der Waals surface area contributed by atoms with Crippen LogP contribution in [0.3, 0.4) is 0 Å². The maximum absolute atomic E-state index is 11.0. The normalized spacial score (nSPS) is 21.3. The van der Waals surface area contributed by atoms with Crippen LogP contribution >= 0.6 is 0 Å². The standard InChI is InChI=1S/C9H14N4O/c10-9(14)7-5-12-13-8(7)4-6-2-1-3-11-6/h5-6,11H,1-4H2,(H2,10,14)(H,12,13)/t6-/m0/s1. The van der Waals surface area contributed by atoms with Crippen LogP contribution in [0.15, 0.2) is 6.20 Å². The number of carbonyl (C=O) groups excluding carboxylic acids is 1. The monoisotopic (exact) mass is 194 g/mol. The molecule has 1 amide bonds.